The Labute approximate surface area is 131 Å². The Balaban J connectivity index is 2.45. The van der Waals surface area contributed by atoms with Crippen molar-refractivity contribution in [3.8, 4) is 0 Å². The van der Waals surface area contributed by atoms with E-state index in [-0.39, 0.29) is 15.2 Å². The van der Waals surface area contributed by atoms with Crippen molar-refractivity contribution in [1.29, 1.82) is 0 Å². The molecule has 0 spiro atoms. The molecule has 1 aliphatic carbocycles. The summed E-state index contributed by atoms with van der Waals surface area (Å²) >= 11 is 8.88. The van der Waals surface area contributed by atoms with Crippen LogP contribution in [0.2, 0.25) is 5.02 Å². The lowest BCUT2D eigenvalue weighted by Crippen LogP contribution is -2.43. The summed E-state index contributed by atoms with van der Waals surface area (Å²) < 4.78 is 41.5. The van der Waals surface area contributed by atoms with Crippen molar-refractivity contribution in [2.45, 2.75) is 43.0 Å². The van der Waals surface area contributed by atoms with Gasteiger partial charge in [0.25, 0.3) is 0 Å². The molecule has 0 unspecified atom stereocenters. The molecule has 1 aliphatic rings. The van der Waals surface area contributed by atoms with E-state index in [1.54, 1.807) is 0 Å². The maximum Gasteiger partial charge on any atom is 0.244 e. The van der Waals surface area contributed by atoms with E-state index in [2.05, 4.69) is 20.7 Å². The number of anilines is 1. The second-order valence-corrected chi connectivity index (χ2v) is 8.12. The highest BCUT2D eigenvalue weighted by Crippen LogP contribution is 2.36. The van der Waals surface area contributed by atoms with Gasteiger partial charge in [-0.3, -0.25) is 0 Å². The Kier molecular flexibility index (Phi) is 4.35. The molecule has 112 valence electrons. The minimum Gasteiger partial charge on any atom is -0.395 e. The minimum atomic E-state index is -4.00. The molecule has 1 aromatic rings. The lowest BCUT2D eigenvalue weighted by atomic mass is 10.0. The first-order valence-corrected chi connectivity index (χ1v) is 8.79. The molecule has 0 bridgehead atoms. The SMILES string of the molecule is CC1(NS(=O)(=O)c2cc(Cl)c(Br)c(N)c2F)CCCC1. The van der Waals surface area contributed by atoms with Gasteiger partial charge in [-0.25, -0.2) is 17.5 Å². The molecule has 0 radical (unpaired) electrons. The van der Waals surface area contributed by atoms with Gasteiger partial charge in [0, 0.05) is 5.54 Å². The van der Waals surface area contributed by atoms with E-state index >= 15 is 0 Å². The second-order valence-electron chi connectivity index (χ2n) is 5.27. The third kappa shape index (κ3) is 2.95. The molecule has 2 rings (SSSR count). The van der Waals surface area contributed by atoms with Crippen LogP contribution in [-0.4, -0.2) is 14.0 Å². The molecule has 8 heteroatoms. The van der Waals surface area contributed by atoms with E-state index in [4.69, 9.17) is 17.3 Å². The molecular formula is C12H15BrClFN2O2S. The molecule has 1 fully saturated rings. The monoisotopic (exact) mass is 384 g/mol. The summed E-state index contributed by atoms with van der Waals surface area (Å²) in [5.74, 6) is -0.990. The highest BCUT2D eigenvalue weighted by atomic mass is 79.9. The van der Waals surface area contributed by atoms with Crippen molar-refractivity contribution in [3.05, 3.63) is 21.4 Å². The molecule has 1 aromatic carbocycles. The lowest BCUT2D eigenvalue weighted by molar-refractivity contribution is 0.426. The first kappa shape index (κ1) is 16.0. The number of benzene rings is 1. The lowest BCUT2D eigenvalue weighted by Gasteiger charge is -2.25. The van der Waals surface area contributed by atoms with E-state index in [0.29, 0.717) is 0 Å². The number of rotatable bonds is 3. The van der Waals surface area contributed by atoms with E-state index in [1.165, 1.54) is 0 Å². The summed E-state index contributed by atoms with van der Waals surface area (Å²) in [4.78, 5) is -0.517. The third-order valence-corrected chi connectivity index (χ3v) is 6.55. The van der Waals surface area contributed by atoms with Crippen molar-refractivity contribution >= 4 is 43.2 Å². The summed E-state index contributed by atoms with van der Waals surface area (Å²) in [5, 5.41) is 0.0563. The summed E-state index contributed by atoms with van der Waals surface area (Å²) in [6.07, 6.45) is 3.36. The first-order chi connectivity index (χ1) is 9.16. The molecule has 0 atom stereocenters. The maximum absolute atomic E-state index is 14.1. The van der Waals surface area contributed by atoms with Crippen LogP contribution in [-0.2, 0) is 10.0 Å². The summed E-state index contributed by atoms with van der Waals surface area (Å²) in [7, 11) is -4.00. The van der Waals surface area contributed by atoms with Gasteiger partial charge in [-0.15, -0.1) is 0 Å². The Morgan fingerprint density at radius 3 is 2.55 bits per heavy atom. The fraction of sp³-hybridized carbons (Fsp3) is 0.500. The quantitative estimate of drug-likeness (QED) is 0.618. The number of nitrogens with two attached hydrogens (primary N) is 1. The van der Waals surface area contributed by atoms with E-state index in [9.17, 15) is 12.8 Å². The van der Waals surface area contributed by atoms with Crippen LogP contribution in [0.5, 0.6) is 0 Å². The Hall–Kier alpha value is -0.370. The van der Waals surface area contributed by atoms with Gasteiger partial charge < -0.3 is 5.73 Å². The summed E-state index contributed by atoms with van der Waals surface area (Å²) in [6.45, 7) is 1.82. The normalized spacial score (nSPS) is 18.4. The zero-order chi connectivity index (χ0) is 15.1. The molecule has 20 heavy (non-hydrogen) atoms. The number of hydrogen-bond donors (Lipinski definition) is 2. The Morgan fingerprint density at radius 1 is 1.45 bits per heavy atom. The van der Waals surface area contributed by atoms with Gasteiger partial charge in [-0.2, -0.15) is 0 Å². The van der Waals surface area contributed by atoms with Crippen molar-refractivity contribution < 1.29 is 12.8 Å². The zero-order valence-electron chi connectivity index (χ0n) is 10.8. The van der Waals surface area contributed by atoms with Crippen LogP contribution < -0.4 is 10.5 Å². The topological polar surface area (TPSA) is 72.2 Å². The standard InChI is InChI=1S/C12H15BrClFN2O2S/c1-12(4-2-3-5-12)17-20(18,19)8-6-7(14)9(13)11(16)10(8)15/h6,17H,2-5,16H2,1H3. The van der Waals surface area contributed by atoms with E-state index in [1.807, 2.05) is 6.92 Å². The van der Waals surface area contributed by atoms with E-state index in [0.717, 1.165) is 31.7 Å². The van der Waals surface area contributed by atoms with Crippen LogP contribution in [0.15, 0.2) is 15.4 Å². The average molecular weight is 386 g/mol. The third-order valence-electron chi connectivity index (χ3n) is 3.53. The van der Waals surface area contributed by atoms with Gasteiger partial charge in [-0.05, 0) is 41.8 Å². The van der Waals surface area contributed by atoms with Crippen molar-refractivity contribution in [1.82, 2.24) is 4.72 Å². The van der Waals surface area contributed by atoms with Crippen LogP contribution in [0.25, 0.3) is 0 Å². The van der Waals surface area contributed by atoms with Crippen molar-refractivity contribution in [2.75, 3.05) is 5.73 Å². The van der Waals surface area contributed by atoms with Gasteiger partial charge in [0.2, 0.25) is 10.0 Å². The first-order valence-electron chi connectivity index (χ1n) is 6.13. The van der Waals surface area contributed by atoms with Crippen LogP contribution >= 0.6 is 27.5 Å². The predicted molar refractivity (Wildman–Crippen MR) is 80.7 cm³/mol. The smallest absolute Gasteiger partial charge is 0.244 e. The number of nitrogen functional groups attached to an aromatic ring is 1. The number of halogens is 3. The maximum atomic E-state index is 14.1. The highest BCUT2D eigenvalue weighted by Gasteiger charge is 2.35. The molecular weight excluding hydrogens is 371 g/mol. The van der Waals surface area contributed by atoms with E-state index < -0.39 is 26.3 Å². The second kappa shape index (κ2) is 5.44. The fourth-order valence-corrected chi connectivity index (χ4v) is 4.58. The fourth-order valence-electron chi connectivity index (χ4n) is 2.43. The highest BCUT2D eigenvalue weighted by molar-refractivity contribution is 9.10. The molecule has 1 saturated carbocycles. The number of nitrogens with one attached hydrogen (secondary N) is 1. The van der Waals surface area contributed by atoms with Gasteiger partial charge in [0.15, 0.2) is 5.82 Å². The van der Waals surface area contributed by atoms with Crippen LogP contribution in [0, 0.1) is 5.82 Å². The van der Waals surface area contributed by atoms with Gasteiger partial charge in [0.05, 0.1) is 15.2 Å². The van der Waals surface area contributed by atoms with Gasteiger partial charge >= 0.3 is 0 Å². The van der Waals surface area contributed by atoms with Crippen LogP contribution in [0.1, 0.15) is 32.6 Å². The zero-order valence-corrected chi connectivity index (χ0v) is 14.0. The molecule has 0 saturated heterocycles. The summed E-state index contributed by atoms with van der Waals surface area (Å²) in [6, 6.07) is 1.07. The predicted octanol–water partition coefficient (Wildman–Crippen LogP) is 3.43. The Morgan fingerprint density at radius 2 is 2.00 bits per heavy atom. The van der Waals surface area contributed by atoms with Crippen molar-refractivity contribution in [3.63, 3.8) is 0 Å². The van der Waals surface area contributed by atoms with Gasteiger partial charge in [-0.1, -0.05) is 24.4 Å². The van der Waals surface area contributed by atoms with Gasteiger partial charge in [0.1, 0.15) is 4.90 Å². The van der Waals surface area contributed by atoms with Crippen LogP contribution in [0.4, 0.5) is 10.1 Å². The molecule has 0 heterocycles. The van der Waals surface area contributed by atoms with Crippen molar-refractivity contribution in [2.24, 2.45) is 0 Å². The molecule has 0 aliphatic heterocycles. The summed E-state index contributed by atoms with van der Waals surface area (Å²) in [5.41, 5.74) is 4.67. The molecule has 4 nitrogen and oxygen atoms in total. The molecule has 0 amide bonds. The largest absolute Gasteiger partial charge is 0.395 e. The van der Waals surface area contributed by atoms with Crippen LogP contribution in [0.3, 0.4) is 0 Å². The number of hydrogen-bond acceptors (Lipinski definition) is 3. The average Bonchev–Trinajstić information content (AvgIpc) is 2.76. The molecule has 0 aromatic heterocycles. The molecule has 3 N–H and O–H groups in total. The number of sulfonamides is 1. The minimum absolute atomic E-state index is 0.0563. The Bertz CT molecular complexity index is 645.